The van der Waals surface area contributed by atoms with Crippen LogP contribution in [0.25, 0.3) is 21.1 Å². The molecule has 3 aromatic heterocycles. The van der Waals surface area contributed by atoms with Crippen molar-refractivity contribution in [3.8, 4) is 11.5 Å². The SMILES string of the molecule is CNC(=O)NCCn1ccc2ncnc(Nc3ccc(Oc4cccc5sncc45)c(Cl)c3)c21. The minimum Gasteiger partial charge on any atom is -0.455 e. The Kier molecular flexibility index (Phi) is 6.15. The van der Waals surface area contributed by atoms with Crippen LogP contribution in [0, 0.1) is 0 Å². The summed E-state index contributed by atoms with van der Waals surface area (Å²) in [5.41, 5.74) is 2.37. The number of ether oxygens (including phenoxy) is 1. The van der Waals surface area contributed by atoms with Crippen LogP contribution < -0.4 is 20.7 Å². The van der Waals surface area contributed by atoms with E-state index in [1.807, 2.05) is 47.2 Å². The average Bonchev–Trinajstić information content (AvgIpc) is 3.49. The lowest BCUT2D eigenvalue weighted by atomic mass is 10.2. The first-order valence-corrected chi connectivity index (χ1v) is 11.6. The van der Waals surface area contributed by atoms with E-state index in [1.54, 1.807) is 19.3 Å². The van der Waals surface area contributed by atoms with Crippen LogP contribution in [0.1, 0.15) is 0 Å². The van der Waals surface area contributed by atoms with Gasteiger partial charge in [-0.3, -0.25) is 0 Å². The Hall–Kier alpha value is -3.89. The molecular weight excluding hydrogens is 474 g/mol. The second-order valence-electron chi connectivity index (χ2n) is 7.34. The Morgan fingerprint density at radius 3 is 2.94 bits per heavy atom. The van der Waals surface area contributed by atoms with Gasteiger partial charge in [-0.15, -0.1) is 0 Å². The van der Waals surface area contributed by atoms with E-state index in [-0.39, 0.29) is 6.03 Å². The molecule has 0 aliphatic rings. The third kappa shape index (κ3) is 4.45. The number of halogens is 1. The summed E-state index contributed by atoms with van der Waals surface area (Å²) in [5.74, 6) is 1.88. The van der Waals surface area contributed by atoms with Crippen LogP contribution in [0.2, 0.25) is 5.02 Å². The summed E-state index contributed by atoms with van der Waals surface area (Å²) in [6.07, 6.45) is 5.21. The van der Waals surface area contributed by atoms with Crippen LogP contribution in [0.5, 0.6) is 11.5 Å². The van der Waals surface area contributed by atoms with Gasteiger partial charge in [0.15, 0.2) is 5.82 Å². The predicted molar refractivity (Wildman–Crippen MR) is 134 cm³/mol. The zero-order valence-electron chi connectivity index (χ0n) is 18.1. The van der Waals surface area contributed by atoms with E-state index in [2.05, 4.69) is 30.3 Å². The monoisotopic (exact) mass is 493 g/mol. The molecule has 3 heterocycles. The predicted octanol–water partition coefficient (Wildman–Crippen LogP) is 5.16. The van der Waals surface area contributed by atoms with E-state index in [0.717, 1.165) is 26.8 Å². The van der Waals surface area contributed by atoms with Crippen LogP contribution in [0.15, 0.2) is 61.2 Å². The van der Waals surface area contributed by atoms with Crippen LogP contribution in [0.3, 0.4) is 0 Å². The molecule has 0 fully saturated rings. The molecular formula is C23H20ClN7O2S. The topological polar surface area (TPSA) is 106 Å². The normalized spacial score (nSPS) is 11.0. The van der Waals surface area contributed by atoms with Crippen molar-refractivity contribution in [1.82, 2.24) is 29.5 Å². The molecule has 0 aliphatic carbocycles. The Morgan fingerprint density at radius 2 is 2.09 bits per heavy atom. The highest BCUT2D eigenvalue weighted by Crippen LogP contribution is 2.36. The van der Waals surface area contributed by atoms with Gasteiger partial charge in [0, 0.05) is 32.0 Å². The standard InChI is InChI=1S/C23H20ClN7O2S/c1-25-23(32)26-8-10-31-9-7-17-21(31)22(28-13-27-17)30-14-5-6-19(16(24)11-14)33-18-3-2-4-20-15(18)12-29-34-20/h2-7,9,11-13H,8,10H2,1H3,(H2,25,26,32)(H,27,28,30). The molecule has 0 aliphatic heterocycles. The minimum absolute atomic E-state index is 0.227. The molecule has 0 bridgehead atoms. The van der Waals surface area contributed by atoms with Crippen molar-refractivity contribution in [2.24, 2.45) is 0 Å². The number of carbonyl (C=O) groups is 1. The third-order valence-corrected chi connectivity index (χ3v) is 6.25. The molecule has 0 saturated carbocycles. The van der Waals surface area contributed by atoms with Gasteiger partial charge < -0.3 is 25.3 Å². The maximum absolute atomic E-state index is 11.4. The molecule has 0 saturated heterocycles. The number of fused-ring (bicyclic) bond motifs is 2. The molecule has 0 radical (unpaired) electrons. The molecule has 2 aromatic carbocycles. The number of urea groups is 1. The number of nitrogens with zero attached hydrogens (tertiary/aromatic N) is 4. The molecule has 172 valence electrons. The third-order valence-electron chi connectivity index (χ3n) is 5.19. The fourth-order valence-electron chi connectivity index (χ4n) is 3.56. The highest BCUT2D eigenvalue weighted by molar-refractivity contribution is 7.13. The van der Waals surface area contributed by atoms with E-state index >= 15 is 0 Å². The van der Waals surface area contributed by atoms with Crippen molar-refractivity contribution >= 4 is 61.8 Å². The van der Waals surface area contributed by atoms with Gasteiger partial charge in [0.1, 0.15) is 23.3 Å². The molecule has 2 amide bonds. The lowest BCUT2D eigenvalue weighted by Gasteiger charge is -2.13. The molecule has 5 aromatic rings. The number of rotatable bonds is 7. The van der Waals surface area contributed by atoms with E-state index in [4.69, 9.17) is 16.3 Å². The van der Waals surface area contributed by atoms with E-state index in [0.29, 0.717) is 35.4 Å². The van der Waals surface area contributed by atoms with Gasteiger partial charge in [0.2, 0.25) is 0 Å². The first-order valence-electron chi connectivity index (χ1n) is 10.5. The van der Waals surface area contributed by atoms with Crippen LogP contribution >= 0.6 is 23.1 Å². The van der Waals surface area contributed by atoms with Crippen molar-refractivity contribution in [2.45, 2.75) is 6.54 Å². The number of carbonyl (C=O) groups excluding carboxylic acids is 1. The highest BCUT2D eigenvalue weighted by Gasteiger charge is 2.12. The van der Waals surface area contributed by atoms with Crippen LogP contribution in [-0.4, -0.2) is 38.5 Å². The molecule has 0 atom stereocenters. The lowest BCUT2D eigenvalue weighted by Crippen LogP contribution is -2.34. The second kappa shape index (κ2) is 9.54. The lowest BCUT2D eigenvalue weighted by molar-refractivity contribution is 0.242. The molecule has 3 N–H and O–H groups in total. The molecule has 11 heteroatoms. The number of aromatic nitrogens is 4. The first-order chi connectivity index (χ1) is 16.6. The molecule has 9 nitrogen and oxygen atoms in total. The zero-order chi connectivity index (χ0) is 23.5. The largest absolute Gasteiger partial charge is 0.455 e. The molecule has 0 unspecified atom stereocenters. The summed E-state index contributed by atoms with van der Waals surface area (Å²) in [7, 11) is 1.58. The summed E-state index contributed by atoms with van der Waals surface area (Å²) in [6.45, 7) is 1.03. The second-order valence-corrected chi connectivity index (χ2v) is 8.58. The van der Waals surface area contributed by atoms with Crippen molar-refractivity contribution in [3.63, 3.8) is 0 Å². The summed E-state index contributed by atoms with van der Waals surface area (Å²) in [5, 5.41) is 10.0. The maximum atomic E-state index is 11.4. The van der Waals surface area contributed by atoms with Gasteiger partial charge >= 0.3 is 6.03 Å². The van der Waals surface area contributed by atoms with Crippen molar-refractivity contribution < 1.29 is 9.53 Å². The van der Waals surface area contributed by atoms with Gasteiger partial charge in [0.05, 0.1) is 26.8 Å². The van der Waals surface area contributed by atoms with Gasteiger partial charge in [-0.2, -0.15) is 4.37 Å². The molecule has 34 heavy (non-hydrogen) atoms. The fraction of sp³-hybridized carbons (Fsp3) is 0.130. The number of hydrogen-bond acceptors (Lipinski definition) is 7. The Bertz CT molecular complexity index is 1480. The summed E-state index contributed by atoms with van der Waals surface area (Å²) >= 11 is 7.97. The quantitative estimate of drug-likeness (QED) is 0.289. The summed E-state index contributed by atoms with van der Waals surface area (Å²) in [6, 6.07) is 13.0. The number of hydrogen-bond donors (Lipinski definition) is 3. The zero-order valence-corrected chi connectivity index (χ0v) is 19.7. The maximum Gasteiger partial charge on any atom is 0.314 e. The highest BCUT2D eigenvalue weighted by atomic mass is 35.5. The first kappa shape index (κ1) is 21.9. The Morgan fingerprint density at radius 1 is 1.18 bits per heavy atom. The van der Waals surface area contributed by atoms with Crippen LogP contribution in [-0.2, 0) is 6.54 Å². The van der Waals surface area contributed by atoms with Gasteiger partial charge in [-0.25, -0.2) is 14.8 Å². The molecule has 5 rings (SSSR count). The van der Waals surface area contributed by atoms with Gasteiger partial charge in [-0.1, -0.05) is 17.7 Å². The van der Waals surface area contributed by atoms with Gasteiger partial charge in [-0.05, 0) is 47.9 Å². The van der Waals surface area contributed by atoms with Crippen molar-refractivity contribution in [3.05, 3.63) is 66.2 Å². The Labute approximate surface area is 203 Å². The smallest absolute Gasteiger partial charge is 0.314 e. The van der Waals surface area contributed by atoms with E-state index in [1.165, 1.54) is 17.9 Å². The number of anilines is 2. The number of nitrogens with one attached hydrogen (secondary N) is 3. The van der Waals surface area contributed by atoms with Crippen LogP contribution in [0.4, 0.5) is 16.3 Å². The fourth-order valence-corrected chi connectivity index (χ4v) is 4.44. The minimum atomic E-state index is -0.227. The summed E-state index contributed by atoms with van der Waals surface area (Å²) < 4.78 is 13.3. The van der Waals surface area contributed by atoms with Crippen molar-refractivity contribution in [1.29, 1.82) is 0 Å². The molecule has 0 spiro atoms. The van der Waals surface area contributed by atoms with Gasteiger partial charge in [0.25, 0.3) is 0 Å². The number of benzene rings is 2. The average molecular weight is 494 g/mol. The van der Waals surface area contributed by atoms with E-state index in [9.17, 15) is 4.79 Å². The number of amides is 2. The summed E-state index contributed by atoms with van der Waals surface area (Å²) in [4.78, 5) is 20.2. The Balaban J connectivity index is 1.37. The van der Waals surface area contributed by atoms with Crippen molar-refractivity contribution in [2.75, 3.05) is 18.9 Å². The van der Waals surface area contributed by atoms with E-state index < -0.39 is 0 Å².